The van der Waals surface area contributed by atoms with Gasteiger partial charge in [-0.1, -0.05) is 0 Å². The standard InChI is InChI=1S/C13H17N3O3/c1-13(12(18)19)4-6-15(8-13)10-11(17)16(7-5-14-10)9-2-3-9/h5,7,9H,2-4,6,8H2,1H3,(H,18,19). The van der Waals surface area contributed by atoms with Crippen molar-refractivity contribution in [3.05, 3.63) is 22.7 Å². The molecule has 1 N–H and O–H groups in total. The third kappa shape index (κ3) is 2.01. The van der Waals surface area contributed by atoms with Crippen LogP contribution in [0, 0.1) is 5.41 Å². The van der Waals surface area contributed by atoms with E-state index in [9.17, 15) is 14.7 Å². The number of carboxylic acid groups (broad SMARTS) is 1. The van der Waals surface area contributed by atoms with Crippen LogP contribution in [0.3, 0.4) is 0 Å². The van der Waals surface area contributed by atoms with E-state index in [2.05, 4.69) is 4.98 Å². The Labute approximate surface area is 110 Å². The Morgan fingerprint density at radius 2 is 2.26 bits per heavy atom. The highest BCUT2D eigenvalue weighted by Crippen LogP contribution is 2.34. The predicted molar refractivity (Wildman–Crippen MR) is 69.3 cm³/mol. The number of aliphatic carboxylic acids is 1. The summed E-state index contributed by atoms with van der Waals surface area (Å²) in [5, 5.41) is 9.23. The second-order valence-electron chi connectivity index (χ2n) is 5.73. The lowest BCUT2D eigenvalue weighted by Crippen LogP contribution is -2.35. The monoisotopic (exact) mass is 263 g/mol. The van der Waals surface area contributed by atoms with Gasteiger partial charge in [-0.15, -0.1) is 0 Å². The Balaban J connectivity index is 1.90. The molecule has 1 saturated carbocycles. The number of hydrogen-bond donors (Lipinski definition) is 1. The van der Waals surface area contributed by atoms with Crippen molar-refractivity contribution in [3.63, 3.8) is 0 Å². The van der Waals surface area contributed by atoms with Crippen LogP contribution in [-0.4, -0.2) is 33.7 Å². The minimum Gasteiger partial charge on any atom is -0.481 e. The van der Waals surface area contributed by atoms with Gasteiger partial charge in [-0.2, -0.15) is 0 Å². The molecule has 0 bridgehead atoms. The summed E-state index contributed by atoms with van der Waals surface area (Å²) in [6.45, 7) is 2.64. The van der Waals surface area contributed by atoms with Gasteiger partial charge in [0.15, 0.2) is 5.82 Å². The van der Waals surface area contributed by atoms with Crippen LogP contribution >= 0.6 is 0 Å². The van der Waals surface area contributed by atoms with Gasteiger partial charge in [0.25, 0.3) is 5.56 Å². The summed E-state index contributed by atoms with van der Waals surface area (Å²) in [6.07, 6.45) is 5.97. The summed E-state index contributed by atoms with van der Waals surface area (Å²) in [7, 11) is 0. The Morgan fingerprint density at radius 3 is 2.84 bits per heavy atom. The van der Waals surface area contributed by atoms with Crippen molar-refractivity contribution in [3.8, 4) is 0 Å². The maximum absolute atomic E-state index is 12.3. The van der Waals surface area contributed by atoms with Crippen LogP contribution in [-0.2, 0) is 4.79 Å². The first-order valence-electron chi connectivity index (χ1n) is 6.57. The predicted octanol–water partition coefficient (Wildman–Crippen LogP) is 0.879. The van der Waals surface area contributed by atoms with E-state index >= 15 is 0 Å². The van der Waals surface area contributed by atoms with Crippen molar-refractivity contribution in [2.75, 3.05) is 18.0 Å². The van der Waals surface area contributed by atoms with Crippen LogP contribution < -0.4 is 10.5 Å². The Bertz CT molecular complexity index is 579. The Hall–Kier alpha value is -1.85. The third-order valence-electron chi connectivity index (χ3n) is 4.08. The Morgan fingerprint density at radius 1 is 1.53 bits per heavy atom. The summed E-state index contributed by atoms with van der Waals surface area (Å²) in [4.78, 5) is 29.5. The van der Waals surface area contributed by atoms with Gasteiger partial charge in [0, 0.05) is 31.5 Å². The van der Waals surface area contributed by atoms with E-state index in [-0.39, 0.29) is 5.56 Å². The maximum atomic E-state index is 12.3. The van der Waals surface area contributed by atoms with Crippen molar-refractivity contribution in [1.29, 1.82) is 0 Å². The largest absolute Gasteiger partial charge is 0.481 e. The lowest BCUT2D eigenvalue weighted by atomic mass is 9.90. The number of carbonyl (C=O) groups is 1. The minimum absolute atomic E-state index is 0.0976. The van der Waals surface area contributed by atoms with E-state index in [1.54, 1.807) is 28.8 Å². The lowest BCUT2D eigenvalue weighted by Gasteiger charge is -2.20. The second kappa shape index (κ2) is 4.08. The fourth-order valence-corrected chi connectivity index (χ4v) is 2.59. The fourth-order valence-electron chi connectivity index (χ4n) is 2.59. The molecule has 19 heavy (non-hydrogen) atoms. The molecule has 0 amide bonds. The molecule has 0 spiro atoms. The molecule has 102 valence electrons. The zero-order valence-electron chi connectivity index (χ0n) is 10.9. The Kier molecular flexibility index (Phi) is 2.62. The molecule has 2 aliphatic rings. The average Bonchev–Trinajstić information content (AvgIpc) is 3.13. The van der Waals surface area contributed by atoms with Crippen molar-refractivity contribution < 1.29 is 9.90 Å². The van der Waals surface area contributed by atoms with E-state index in [0.29, 0.717) is 31.4 Å². The molecule has 1 atom stereocenters. The van der Waals surface area contributed by atoms with E-state index in [0.717, 1.165) is 12.8 Å². The fraction of sp³-hybridized carbons (Fsp3) is 0.615. The van der Waals surface area contributed by atoms with Crippen LogP contribution in [0.25, 0.3) is 0 Å². The maximum Gasteiger partial charge on any atom is 0.311 e. The van der Waals surface area contributed by atoms with E-state index in [4.69, 9.17) is 0 Å². The summed E-state index contributed by atoms with van der Waals surface area (Å²) in [5.74, 6) is -0.423. The summed E-state index contributed by atoms with van der Waals surface area (Å²) < 4.78 is 1.72. The van der Waals surface area contributed by atoms with Crippen LogP contribution in [0.1, 0.15) is 32.2 Å². The van der Waals surface area contributed by atoms with Crippen molar-refractivity contribution in [2.24, 2.45) is 5.41 Å². The number of hydrogen-bond acceptors (Lipinski definition) is 4. The van der Waals surface area contributed by atoms with Gasteiger partial charge in [-0.05, 0) is 26.2 Å². The normalized spacial score (nSPS) is 26.7. The van der Waals surface area contributed by atoms with Crippen LogP contribution in [0.2, 0.25) is 0 Å². The van der Waals surface area contributed by atoms with Crippen molar-refractivity contribution in [1.82, 2.24) is 9.55 Å². The molecule has 2 heterocycles. The second-order valence-corrected chi connectivity index (χ2v) is 5.73. The molecule has 1 saturated heterocycles. The van der Waals surface area contributed by atoms with Gasteiger partial charge in [0.2, 0.25) is 0 Å². The highest BCUT2D eigenvalue weighted by atomic mass is 16.4. The average molecular weight is 263 g/mol. The number of rotatable bonds is 3. The smallest absolute Gasteiger partial charge is 0.311 e. The molecule has 2 fully saturated rings. The minimum atomic E-state index is -0.812. The molecule has 0 aromatic carbocycles. The molecule has 3 rings (SSSR count). The van der Waals surface area contributed by atoms with Gasteiger partial charge in [-0.25, -0.2) is 4.98 Å². The zero-order valence-corrected chi connectivity index (χ0v) is 10.9. The molecule has 1 aliphatic heterocycles. The molecule has 1 aliphatic carbocycles. The lowest BCUT2D eigenvalue weighted by molar-refractivity contribution is -0.146. The summed E-state index contributed by atoms with van der Waals surface area (Å²) in [6, 6.07) is 0.308. The van der Waals surface area contributed by atoms with Gasteiger partial charge in [0.05, 0.1) is 5.41 Å². The molecule has 1 aromatic rings. The molecule has 1 aromatic heterocycles. The third-order valence-corrected chi connectivity index (χ3v) is 4.08. The number of nitrogens with zero attached hydrogens (tertiary/aromatic N) is 3. The quantitative estimate of drug-likeness (QED) is 0.876. The highest BCUT2D eigenvalue weighted by molar-refractivity contribution is 5.76. The van der Waals surface area contributed by atoms with Crippen LogP contribution in [0.5, 0.6) is 0 Å². The molecule has 0 radical (unpaired) electrons. The first-order chi connectivity index (χ1) is 9.01. The number of anilines is 1. The number of aromatic nitrogens is 2. The first-order valence-corrected chi connectivity index (χ1v) is 6.57. The summed E-state index contributed by atoms with van der Waals surface area (Å²) in [5.41, 5.74) is -0.881. The van der Waals surface area contributed by atoms with Gasteiger partial charge < -0.3 is 14.6 Å². The van der Waals surface area contributed by atoms with Crippen molar-refractivity contribution >= 4 is 11.8 Å². The van der Waals surface area contributed by atoms with Crippen molar-refractivity contribution in [2.45, 2.75) is 32.2 Å². The van der Waals surface area contributed by atoms with Crippen LogP contribution in [0.15, 0.2) is 17.2 Å². The van der Waals surface area contributed by atoms with Gasteiger partial charge in [-0.3, -0.25) is 9.59 Å². The SMILES string of the molecule is CC1(C(=O)O)CCN(c2nccn(C3CC3)c2=O)C1. The molecular formula is C13H17N3O3. The van der Waals surface area contributed by atoms with Gasteiger partial charge >= 0.3 is 5.97 Å². The molecule has 6 heteroatoms. The molecule has 6 nitrogen and oxygen atoms in total. The number of carboxylic acids is 1. The van der Waals surface area contributed by atoms with Gasteiger partial charge in [0.1, 0.15) is 0 Å². The summed E-state index contributed by atoms with van der Waals surface area (Å²) >= 11 is 0. The van der Waals surface area contributed by atoms with E-state index < -0.39 is 11.4 Å². The topological polar surface area (TPSA) is 75.4 Å². The van der Waals surface area contributed by atoms with Crippen LogP contribution in [0.4, 0.5) is 5.82 Å². The zero-order chi connectivity index (χ0) is 13.6. The highest BCUT2D eigenvalue weighted by Gasteiger charge is 2.41. The first kappa shape index (κ1) is 12.2. The molecular weight excluding hydrogens is 246 g/mol. The van der Waals surface area contributed by atoms with E-state index in [1.165, 1.54) is 0 Å². The van der Waals surface area contributed by atoms with E-state index in [1.807, 2.05) is 0 Å². The molecule has 1 unspecified atom stereocenters.